The van der Waals surface area contributed by atoms with E-state index in [1.807, 2.05) is 22.8 Å². The summed E-state index contributed by atoms with van der Waals surface area (Å²) >= 11 is 0. The van der Waals surface area contributed by atoms with Crippen LogP contribution in [0.1, 0.15) is 34.0 Å². The van der Waals surface area contributed by atoms with Gasteiger partial charge in [0.25, 0.3) is 0 Å². The average molecular weight is 541 g/mol. The number of anilines is 1. The van der Waals surface area contributed by atoms with E-state index in [1.165, 1.54) is 12.3 Å². The molecular weight excluding hydrogens is 512 g/mol. The molecule has 2 aliphatic rings. The Balaban J connectivity index is 1.10. The largest absolute Gasteiger partial charge is 0.477 e. The molecule has 12 heteroatoms. The minimum absolute atomic E-state index is 0.00946. The number of carboxylic acids is 1. The van der Waals surface area contributed by atoms with Crippen LogP contribution >= 0.6 is 0 Å². The molecule has 0 saturated carbocycles. The third-order valence-electron chi connectivity index (χ3n) is 7.16. The summed E-state index contributed by atoms with van der Waals surface area (Å²) in [7, 11) is 0. The summed E-state index contributed by atoms with van der Waals surface area (Å²) in [4.78, 5) is 34.2. The Morgan fingerprint density at radius 1 is 1.10 bits per heavy atom. The predicted molar refractivity (Wildman–Crippen MR) is 144 cm³/mol. The number of carboxylic acid groups (broad SMARTS) is 1. The van der Waals surface area contributed by atoms with Crippen LogP contribution < -0.4 is 9.64 Å². The van der Waals surface area contributed by atoms with Crippen molar-refractivity contribution in [3.8, 4) is 11.9 Å². The van der Waals surface area contributed by atoms with Gasteiger partial charge in [0.2, 0.25) is 5.88 Å². The van der Waals surface area contributed by atoms with Crippen molar-refractivity contribution >= 4 is 23.0 Å². The second-order valence-corrected chi connectivity index (χ2v) is 9.80. The van der Waals surface area contributed by atoms with Crippen molar-refractivity contribution in [3.63, 3.8) is 0 Å². The lowest BCUT2D eigenvalue weighted by molar-refractivity contribution is -0.0592. The Morgan fingerprint density at radius 3 is 2.65 bits per heavy atom. The van der Waals surface area contributed by atoms with Gasteiger partial charge in [-0.1, -0.05) is 6.07 Å². The molecule has 0 aromatic carbocycles. The Bertz CT molecular complexity index is 1550. The third kappa shape index (κ3) is 5.56. The number of fused-ring (bicyclic) bond motifs is 1. The van der Waals surface area contributed by atoms with Crippen molar-refractivity contribution < 1.29 is 19.4 Å². The molecule has 1 atom stereocenters. The molecule has 2 fully saturated rings. The zero-order valence-electron chi connectivity index (χ0n) is 21.8. The summed E-state index contributed by atoms with van der Waals surface area (Å²) in [5, 5.41) is 18.3. The van der Waals surface area contributed by atoms with E-state index < -0.39 is 5.97 Å². The minimum atomic E-state index is -1.05. The molecule has 6 heterocycles. The zero-order valence-corrected chi connectivity index (χ0v) is 21.8. The van der Waals surface area contributed by atoms with Crippen LogP contribution in [-0.4, -0.2) is 79.4 Å². The maximum absolute atomic E-state index is 11.5. The molecule has 0 bridgehead atoms. The van der Waals surface area contributed by atoms with Gasteiger partial charge in [-0.15, -0.1) is 0 Å². The number of rotatable bonds is 9. The highest BCUT2D eigenvalue weighted by Gasteiger charge is 2.25. The van der Waals surface area contributed by atoms with Crippen LogP contribution in [0.15, 0.2) is 48.7 Å². The normalized spacial score (nSPS) is 17.4. The number of piperazine rings is 1. The zero-order chi connectivity index (χ0) is 27.5. The van der Waals surface area contributed by atoms with Gasteiger partial charge >= 0.3 is 5.97 Å². The summed E-state index contributed by atoms with van der Waals surface area (Å²) < 4.78 is 13.5. The number of hydrogen-bond donors (Lipinski definition) is 1. The molecule has 2 saturated heterocycles. The van der Waals surface area contributed by atoms with Gasteiger partial charge in [-0.05, 0) is 36.8 Å². The fourth-order valence-corrected chi connectivity index (χ4v) is 4.83. The van der Waals surface area contributed by atoms with Gasteiger partial charge in [0.15, 0.2) is 11.3 Å². The molecule has 0 unspecified atom stereocenters. The highest BCUT2D eigenvalue weighted by Crippen LogP contribution is 2.23. The number of nitrogens with zero attached hydrogens (tertiary/aromatic N) is 8. The summed E-state index contributed by atoms with van der Waals surface area (Å²) in [6.07, 6.45) is 2.59. The number of ether oxygens (including phenoxy) is 2. The number of hydrogen-bond acceptors (Lipinski definition) is 10. The van der Waals surface area contributed by atoms with Gasteiger partial charge in [0.1, 0.15) is 29.8 Å². The SMILES string of the molecule is N#Cc1ccc(COc2cccc(N3CCN(Cc4nc5ccc(C(=O)O)nc5n4C[C@@H]4CCO4)CC3)n2)nc1. The Morgan fingerprint density at radius 2 is 1.95 bits per heavy atom. The van der Waals surface area contributed by atoms with Crippen molar-refractivity contribution in [1.82, 2.24) is 29.4 Å². The third-order valence-corrected chi connectivity index (χ3v) is 7.16. The van der Waals surface area contributed by atoms with E-state index in [0.717, 1.165) is 56.5 Å². The molecule has 4 aromatic rings. The number of carbonyl (C=O) groups is 1. The van der Waals surface area contributed by atoms with E-state index in [4.69, 9.17) is 19.7 Å². The maximum Gasteiger partial charge on any atom is 0.354 e. The molecule has 0 amide bonds. The molecule has 0 radical (unpaired) electrons. The van der Waals surface area contributed by atoms with Crippen LogP contribution in [0.25, 0.3) is 11.2 Å². The van der Waals surface area contributed by atoms with Crippen molar-refractivity contribution in [2.75, 3.05) is 37.7 Å². The van der Waals surface area contributed by atoms with Crippen molar-refractivity contribution in [1.29, 1.82) is 5.26 Å². The minimum Gasteiger partial charge on any atom is -0.477 e. The predicted octanol–water partition coefficient (Wildman–Crippen LogP) is 2.48. The van der Waals surface area contributed by atoms with E-state index in [0.29, 0.717) is 35.7 Å². The second-order valence-electron chi connectivity index (χ2n) is 9.80. The van der Waals surface area contributed by atoms with Crippen molar-refractivity contribution in [2.24, 2.45) is 0 Å². The van der Waals surface area contributed by atoms with E-state index >= 15 is 0 Å². The van der Waals surface area contributed by atoms with Gasteiger partial charge in [-0.25, -0.2) is 14.8 Å². The van der Waals surface area contributed by atoms with Crippen LogP contribution in [0, 0.1) is 11.3 Å². The molecule has 4 aromatic heterocycles. The molecule has 1 N–H and O–H groups in total. The van der Waals surface area contributed by atoms with Crippen LogP contribution in [-0.2, 0) is 24.4 Å². The molecule has 2 aliphatic heterocycles. The smallest absolute Gasteiger partial charge is 0.354 e. The van der Waals surface area contributed by atoms with Crippen LogP contribution in [0.4, 0.5) is 5.82 Å². The Kier molecular flexibility index (Phi) is 7.22. The topological polar surface area (TPSA) is 143 Å². The van der Waals surface area contributed by atoms with Crippen molar-refractivity contribution in [2.45, 2.75) is 32.2 Å². The molecule has 0 aliphatic carbocycles. The summed E-state index contributed by atoms with van der Waals surface area (Å²) in [5.41, 5.74) is 2.52. The van der Waals surface area contributed by atoms with Gasteiger partial charge in [-0.2, -0.15) is 10.2 Å². The lowest BCUT2D eigenvalue weighted by Gasteiger charge is -2.35. The number of pyridine rings is 3. The fraction of sp³-hybridized carbons (Fsp3) is 0.357. The summed E-state index contributed by atoms with van der Waals surface area (Å²) in [6, 6.07) is 14.5. The number of aromatic carboxylic acids is 1. The first-order valence-electron chi connectivity index (χ1n) is 13.2. The van der Waals surface area contributed by atoms with Gasteiger partial charge in [0, 0.05) is 45.0 Å². The monoisotopic (exact) mass is 540 g/mol. The maximum atomic E-state index is 11.5. The molecular formula is C28H28N8O4. The molecule has 204 valence electrons. The number of aromatic nitrogens is 5. The molecule has 6 rings (SSSR count). The lowest BCUT2D eigenvalue weighted by atomic mass is 10.2. The average Bonchev–Trinajstić information content (AvgIpc) is 3.30. The first-order valence-corrected chi connectivity index (χ1v) is 13.2. The number of imidazole rings is 1. The van der Waals surface area contributed by atoms with E-state index in [2.05, 4.69) is 30.8 Å². The standard InChI is InChI=1S/C28H28N8O4/c29-14-19-4-5-20(30-15-19)18-40-26-3-1-2-24(33-26)35-11-9-34(10-12-35)17-25-31-22-6-7-23(28(37)38)32-27(22)36(25)16-21-8-13-39-21/h1-7,15,21H,8-13,16-18H2,(H,37,38)/t21-/m0/s1. The van der Waals surface area contributed by atoms with Crippen molar-refractivity contribution in [3.05, 3.63) is 71.4 Å². The molecule has 12 nitrogen and oxygen atoms in total. The number of nitriles is 1. The summed E-state index contributed by atoms with van der Waals surface area (Å²) in [6.45, 7) is 5.48. The van der Waals surface area contributed by atoms with E-state index in [-0.39, 0.29) is 18.4 Å². The lowest BCUT2D eigenvalue weighted by Crippen LogP contribution is -2.46. The highest BCUT2D eigenvalue weighted by atomic mass is 16.5. The van der Waals surface area contributed by atoms with E-state index in [9.17, 15) is 9.90 Å². The quantitative estimate of drug-likeness (QED) is 0.334. The van der Waals surface area contributed by atoms with Gasteiger partial charge < -0.3 is 24.0 Å². The Labute approximate surface area is 230 Å². The Hall–Kier alpha value is -4.60. The van der Waals surface area contributed by atoms with Gasteiger partial charge in [-0.3, -0.25) is 9.88 Å². The van der Waals surface area contributed by atoms with Crippen LogP contribution in [0.2, 0.25) is 0 Å². The van der Waals surface area contributed by atoms with Crippen LogP contribution in [0.5, 0.6) is 5.88 Å². The van der Waals surface area contributed by atoms with E-state index in [1.54, 1.807) is 18.2 Å². The fourth-order valence-electron chi connectivity index (χ4n) is 4.83. The molecule has 40 heavy (non-hydrogen) atoms. The van der Waals surface area contributed by atoms with Gasteiger partial charge in [0.05, 0.1) is 30.5 Å². The molecule has 0 spiro atoms. The van der Waals surface area contributed by atoms with Crippen LogP contribution in [0.3, 0.4) is 0 Å². The first-order chi connectivity index (χ1) is 19.6. The second kappa shape index (κ2) is 11.3. The highest BCUT2D eigenvalue weighted by molar-refractivity contribution is 5.88. The summed E-state index contributed by atoms with van der Waals surface area (Å²) in [5.74, 6) is 1.18. The first kappa shape index (κ1) is 25.7.